The first-order chi connectivity index (χ1) is 5.61. The molecule has 0 heterocycles. The van der Waals surface area contributed by atoms with E-state index < -0.39 is 0 Å². The Bertz CT molecular complexity index is 197. The second-order valence-corrected chi connectivity index (χ2v) is 3.16. The first-order valence-corrected chi connectivity index (χ1v) is 4.34. The van der Waals surface area contributed by atoms with Crippen LogP contribution in [0.2, 0.25) is 0 Å². The fourth-order valence-corrected chi connectivity index (χ4v) is 0.894. The van der Waals surface area contributed by atoms with Gasteiger partial charge in [0, 0.05) is 6.54 Å². The van der Waals surface area contributed by atoms with Gasteiger partial charge in [0.05, 0.1) is 0 Å². The highest BCUT2D eigenvalue weighted by Gasteiger charge is 1.98. The fourth-order valence-electron chi connectivity index (χ4n) is 0.894. The minimum Gasteiger partial charge on any atom is -0.327 e. The third kappa shape index (κ3) is 4.14. The maximum atomic E-state index is 5.45. The van der Waals surface area contributed by atoms with Crippen LogP contribution in [0, 0.1) is 5.92 Å². The molecule has 2 N–H and O–H groups in total. The van der Waals surface area contributed by atoms with Gasteiger partial charge in [0.15, 0.2) is 0 Å². The summed E-state index contributed by atoms with van der Waals surface area (Å²) in [5.41, 5.74) is 7.72. The molecule has 1 nitrogen and oxygen atoms in total. The summed E-state index contributed by atoms with van der Waals surface area (Å²) in [6.07, 6.45) is 6.20. The Labute approximate surface area is 75.7 Å². The van der Waals surface area contributed by atoms with Crippen molar-refractivity contribution in [2.45, 2.75) is 20.8 Å². The van der Waals surface area contributed by atoms with Crippen LogP contribution in [0.15, 0.2) is 36.0 Å². The molecule has 0 radical (unpaired) electrons. The monoisotopic (exact) mass is 165 g/mol. The van der Waals surface area contributed by atoms with Gasteiger partial charge in [-0.1, -0.05) is 38.7 Å². The SMILES string of the molecule is C=C(/C=C(\C=C/C)C(C)C)CN. The van der Waals surface area contributed by atoms with E-state index in [1.54, 1.807) is 0 Å². The molecule has 0 amide bonds. The van der Waals surface area contributed by atoms with Crippen LogP contribution in [-0.4, -0.2) is 6.54 Å². The van der Waals surface area contributed by atoms with Crippen molar-refractivity contribution in [1.29, 1.82) is 0 Å². The minimum absolute atomic E-state index is 0.532. The molecule has 0 atom stereocenters. The Hall–Kier alpha value is -0.820. The van der Waals surface area contributed by atoms with Crippen molar-refractivity contribution in [3.63, 3.8) is 0 Å². The third-order valence-electron chi connectivity index (χ3n) is 1.66. The van der Waals surface area contributed by atoms with Crippen molar-refractivity contribution in [2.24, 2.45) is 11.7 Å². The highest BCUT2D eigenvalue weighted by molar-refractivity contribution is 5.30. The average Bonchev–Trinajstić information content (AvgIpc) is 2.03. The maximum absolute atomic E-state index is 5.45. The number of nitrogens with two attached hydrogens (primary N) is 1. The molecule has 0 aliphatic rings. The summed E-state index contributed by atoms with van der Waals surface area (Å²) < 4.78 is 0. The lowest BCUT2D eigenvalue weighted by Gasteiger charge is -2.06. The predicted octanol–water partition coefficient (Wildman–Crippen LogP) is 2.66. The molecule has 0 saturated heterocycles. The molecule has 0 fully saturated rings. The van der Waals surface area contributed by atoms with E-state index in [2.05, 4.69) is 32.6 Å². The molecule has 0 aromatic rings. The molecule has 0 unspecified atom stereocenters. The van der Waals surface area contributed by atoms with Gasteiger partial charge in [-0.05, 0) is 24.0 Å². The van der Waals surface area contributed by atoms with Gasteiger partial charge in [0.1, 0.15) is 0 Å². The van der Waals surface area contributed by atoms with E-state index >= 15 is 0 Å². The fraction of sp³-hybridized carbons (Fsp3) is 0.455. The Kier molecular flexibility index (Phi) is 5.39. The van der Waals surface area contributed by atoms with Gasteiger partial charge < -0.3 is 5.73 Å². The standard InChI is InChI=1S/C11H19N/c1-5-6-11(9(2)3)7-10(4)8-12/h5-7,9H,4,8,12H2,1-3H3/b6-5-,11-7+. The molecule has 0 saturated carbocycles. The largest absolute Gasteiger partial charge is 0.327 e. The Balaban J connectivity index is 4.49. The molecule has 0 aromatic carbocycles. The molecule has 0 spiro atoms. The summed E-state index contributed by atoms with van der Waals surface area (Å²) in [6.45, 7) is 10.7. The molecule has 1 heteroatoms. The van der Waals surface area contributed by atoms with Crippen LogP contribution in [-0.2, 0) is 0 Å². The normalized spacial score (nSPS) is 12.9. The number of hydrogen-bond acceptors (Lipinski definition) is 1. The zero-order chi connectivity index (χ0) is 9.56. The van der Waals surface area contributed by atoms with E-state index in [0.29, 0.717) is 12.5 Å². The second-order valence-electron chi connectivity index (χ2n) is 3.16. The highest BCUT2D eigenvalue weighted by atomic mass is 14.5. The Morgan fingerprint density at radius 1 is 1.50 bits per heavy atom. The van der Waals surface area contributed by atoms with Crippen LogP contribution in [0.3, 0.4) is 0 Å². The van der Waals surface area contributed by atoms with Crippen LogP contribution < -0.4 is 5.73 Å². The smallest absolute Gasteiger partial charge is 0.0172 e. The molecular formula is C11H19N. The van der Waals surface area contributed by atoms with E-state index in [9.17, 15) is 0 Å². The van der Waals surface area contributed by atoms with Crippen LogP contribution in [0.5, 0.6) is 0 Å². The lowest BCUT2D eigenvalue weighted by atomic mass is 10.0. The van der Waals surface area contributed by atoms with Crippen molar-refractivity contribution in [3.8, 4) is 0 Å². The molecule has 12 heavy (non-hydrogen) atoms. The number of rotatable bonds is 4. The minimum atomic E-state index is 0.532. The van der Waals surface area contributed by atoms with E-state index in [-0.39, 0.29) is 0 Å². The van der Waals surface area contributed by atoms with Crippen molar-refractivity contribution in [1.82, 2.24) is 0 Å². The van der Waals surface area contributed by atoms with E-state index in [4.69, 9.17) is 5.73 Å². The summed E-state index contributed by atoms with van der Waals surface area (Å²) in [6, 6.07) is 0. The third-order valence-corrected chi connectivity index (χ3v) is 1.66. The molecule has 68 valence electrons. The van der Waals surface area contributed by atoms with E-state index in [1.165, 1.54) is 5.57 Å². The van der Waals surface area contributed by atoms with Gasteiger partial charge in [-0.25, -0.2) is 0 Å². The molecular weight excluding hydrogens is 146 g/mol. The van der Waals surface area contributed by atoms with Gasteiger partial charge >= 0.3 is 0 Å². The first kappa shape index (κ1) is 11.2. The average molecular weight is 165 g/mol. The van der Waals surface area contributed by atoms with Crippen molar-refractivity contribution in [2.75, 3.05) is 6.54 Å². The van der Waals surface area contributed by atoms with E-state index in [1.807, 2.05) is 13.0 Å². The summed E-state index contributed by atoms with van der Waals surface area (Å²) >= 11 is 0. The maximum Gasteiger partial charge on any atom is 0.0172 e. The molecule has 0 aliphatic carbocycles. The Morgan fingerprint density at radius 3 is 2.42 bits per heavy atom. The van der Waals surface area contributed by atoms with Crippen LogP contribution in [0.25, 0.3) is 0 Å². The van der Waals surface area contributed by atoms with Gasteiger partial charge in [-0.15, -0.1) is 0 Å². The van der Waals surface area contributed by atoms with Gasteiger partial charge in [0.2, 0.25) is 0 Å². The summed E-state index contributed by atoms with van der Waals surface area (Å²) in [5, 5.41) is 0. The lowest BCUT2D eigenvalue weighted by molar-refractivity contribution is 0.789. The van der Waals surface area contributed by atoms with Gasteiger partial charge in [-0.3, -0.25) is 0 Å². The molecule has 0 rings (SSSR count). The summed E-state index contributed by atoms with van der Waals surface area (Å²) in [7, 11) is 0. The number of hydrogen-bond donors (Lipinski definition) is 1. The van der Waals surface area contributed by atoms with Crippen LogP contribution >= 0.6 is 0 Å². The molecule has 0 aromatic heterocycles. The Morgan fingerprint density at radius 2 is 2.08 bits per heavy atom. The van der Waals surface area contributed by atoms with Crippen molar-refractivity contribution < 1.29 is 0 Å². The second kappa shape index (κ2) is 5.78. The van der Waals surface area contributed by atoms with Crippen molar-refractivity contribution >= 4 is 0 Å². The quantitative estimate of drug-likeness (QED) is 0.637. The van der Waals surface area contributed by atoms with Gasteiger partial charge in [0.25, 0.3) is 0 Å². The van der Waals surface area contributed by atoms with Crippen LogP contribution in [0.1, 0.15) is 20.8 Å². The topological polar surface area (TPSA) is 26.0 Å². The number of allylic oxidation sites excluding steroid dienone is 3. The summed E-state index contributed by atoms with van der Waals surface area (Å²) in [4.78, 5) is 0. The lowest BCUT2D eigenvalue weighted by Crippen LogP contribution is -2.01. The summed E-state index contributed by atoms with van der Waals surface area (Å²) in [5.74, 6) is 0.532. The predicted molar refractivity (Wildman–Crippen MR) is 55.9 cm³/mol. The molecule has 0 bridgehead atoms. The zero-order valence-corrected chi connectivity index (χ0v) is 8.30. The van der Waals surface area contributed by atoms with Gasteiger partial charge in [-0.2, -0.15) is 0 Å². The zero-order valence-electron chi connectivity index (χ0n) is 8.30. The van der Waals surface area contributed by atoms with Crippen molar-refractivity contribution in [3.05, 3.63) is 36.0 Å². The van der Waals surface area contributed by atoms with Crippen LogP contribution in [0.4, 0.5) is 0 Å². The van der Waals surface area contributed by atoms with E-state index in [0.717, 1.165) is 5.57 Å². The molecule has 0 aliphatic heterocycles. The first-order valence-electron chi connectivity index (χ1n) is 4.34. The highest BCUT2D eigenvalue weighted by Crippen LogP contribution is 2.12.